The first-order valence-corrected chi connectivity index (χ1v) is 28.8. The number of nitrogens with zero attached hydrogens (tertiary/aromatic N) is 2. The number of anilines is 1. The number of aromatic nitrogens is 2. The smallest absolute Gasteiger partial charge is 0.0799 e. The van der Waals surface area contributed by atoms with E-state index in [1.807, 2.05) is 26.1 Å². The Kier molecular flexibility index (Phi) is 49.9. The van der Waals surface area contributed by atoms with E-state index in [1.165, 1.54) is 5.56 Å². The summed E-state index contributed by atoms with van der Waals surface area (Å²) in [4.78, 5) is 43.0. The molecule has 0 bridgehead atoms. The SMILES string of the molecule is CNc1ccc(CCOC)cc1.CO.CO.Cc1ccnc(-c2cc(C(=O)NCCOCCOCCOCCOCCOCCOCCC(=O)NCCCCCC=O)ccn2)c1.FP(F)(F)(F)F.FP(F)(F)(F)F.OC1COCC(O)C1. The van der Waals surface area contributed by atoms with Gasteiger partial charge in [-0.3, -0.25) is 19.6 Å². The van der Waals surface area contributed by atoms with Crippen LogP contribution in [0.5, 0.6) is 0 Å². The third kappa shape index (κ3) is 63.2. The van der Waals surface area contributed by atoms with E-state index in [-0.39, 0.29) is 11.8 Å². The Bertz CT molecular complexity index is 1980. The zero-order valence-corrected chi connectivity index (χ0v) is 48.6. The summed E-state index contributed by atoms with van der Waals surface area (Å²) in [5.74, 6) is -0.225. The van der Waals surface area contributed by atoms with Gasteiger partial charge in [-0.1, -0.05) is 18.6 Å². The van der Waals surface area contributed by atoms with Crippen molar-refractivity contribution in [2.75, 3.05) is 146 Å². The van der Waals surface area contributed by atoms with Gasteiger partial charge in [-0.05, 0) is 73.7 Å². The fourth-order valence-electron chi connectivity index (χ4n) is 5.79. The van der Waals surface area contributed by atoms with E-state index in [9.17, 15) is 56.4 Å². The van der Waals surface area contributed by atoms with Crippen molar-refractivity contribution in [1.29, 1.82) is 0 Å². The quantitative estimate of drug-likeness (QED) is 0.0130. The molecule has 0 saturated carbocycles. The van der Waals surface area contributed by atoms with Crippen LogP contribution in [0.2, 0.25) is 0 Å². The summed E-state index contributed by atoms with van der Waals surface area (Å²) in [5.41, 5.74) is 5.43. The van der Waals surface area contributed by atoms with Gasteiger partial charge in [-0.2, -0.15) is 0 Å². The molecule has 3 aromatic rings. The van der Waals surface area contributed by atoms with Gasteiger partial charge in [-0.15, -0.1) is 0 Å². The molecule has 2 unspecified atom stereocenters. The number of unbranched alkanes of at least 4 members (excludes halogenated alkanes) is 3. The summed E-state index contributed by atoms with van der Waals surface area (Å²) in [6, 6.07) is 15.6. The van der Waals surface area contributed by atoms with Crippen molar-refractivity contribution >= 4 is 40.1 Å². The molecule has 20 nitrogen and oxygen atoms in total. The topological polar surface area (TPSA) is 268 Å². The molecule has 2 atom stereocenters. The summed E-state index contributed by atoms with van der Waals surface area (Å²) >= 11 is 0. The fraction of sp³-hybridized carbons (Fsp3) is 0.620. The molecule has 7 N–H and O–H groups in total. The Morgan fingerprint density at radius 3 is 1.50 bits per heavy atom. The molecule has 0 aliphatic carbocycles. The number of hydrogen-bond acceptors (Lipinski definition) is 18. The zero-order valence-electron chi connectivity index (χ0n) is 46.8. The molecule has 3 heterocycles. The molecule has 2 aromatic heterocycles. The van der Waals surface area contributed by atoms with Crippen LogP contribution in [-0.4, -0.2) is 201 Å². The van der Waals surface area contributed by atoms with Crippen LogP contribution in [0.4, 0.5) is 47.7 Å². The van der Waals surface area contributed by atoms with Gasteiger partial charge in [0.15, 0.2) is 0 Å². The van der Waals surface area contributed by atoms with Crippen molar-refractivity contribution in [3.05, 3.63) is 77.6 Å². The zero-order chi connectivity index (χ0) is 62.6. The number of carbonyl (C=O) groups excluding carboxylic acids is 3. The minimum absolute atomic E-state index is 0.0313. The Morgan fingerprint density at radius 1 is 0.622 bits per heavy atom. The summed E-state index contributed by atoms with van der Waals surface area (Å²) < 4.78 is 141. The molecule has 82 heavy (non-hydrogen) atoms. The molecule has 1 aliphatic rings. The summed E-state index contributed by atoms with van der Waals surface area (Å²) in [6.45, 7) is 9.72. The molecule has 1 aliphatic heterocycles. The maximum Gasteiger partial charge on any atom is 0.0799 e. The first-order valence-electron chi connectivity index (χ1n) is 25.4. The molecule has 0 spiro atoms. The Balaban J connectivity index is -0.00000138. The van der Waals surface area contributed by atoms with Crippen molar-refractivity contribution < 1.29 is 115 Å². The molecular weight excluding hydrogens is 1160 g/mol. The average Bonchev–Trinajstić information content (AvgIpc) is 3.46. The van der Waals surface area contributed by atoms with Crippen LogP contribution in [0.15, 0.2) is 60.9 Å². The van der Waals surface area contributed by atoms with Gasteiger partial charge in [0.05, 0.1) is 123 Å². The van der Waals surface area contributed by atoms with Gasteiger partial charge in [0.2, 0.25) is 5.91 Å². The molecule has 0 radical (unpaired) electrons. The minimum Gasteiger partial charge on any atom is -0.391 e. The molecule has 1 saturated heterocycles. The predicted octanol–water partition coefficient (Wildman–Crippen LogP) is 8.73. The summed E-state index contributed by atoms with van der Waals surface area (Å²) in [5, 5.41) is 40.4. The van der Waals surface area contributed by atoms with Gasteiger partial charge < -0.3 is 79.1 Å². The number of nitrogens with one attached hydrogen (secondary N) is 3. The standard InChI is InChI=1S/C33H50N4O9.C10H15NO.C5H10O3.2CH4O.2F5P/c1-28-6-10-34-30(26-28)31-27-29(7-11-35-31)33(40)37-12-15-42-17-19-44-21-23-46-25-24-45-22-20-43-18-16-41-14-8-32(39)36-9-4-2-3-5-13-38;1-11-10-5-3-9(4-6-10)7-8-12-2;6-4-1-5(7)3-8-2-4;2*1-2;2*1-6(2,3,4)5/h6-7,10-11,13,26-27H,2-5,8-9,12,14-25H2,1H3,(H,36,39)(H,37,40);3-6,11H,7-8H2,1-2H3;4-7H,1-3H2;2*2H,1H3;;. The van der Waals surface area contributed by atoms with Crippen molar-refractivity contribution in [2.45, 2.75) is 64.1 Å². The average molecular weight is 1250 g/mol. The number of pyridine rings is 2. The number of benzene rings is 1. The number of hydrogen-bond donors (Lipinski definition) is 7. The minimum atomic E-state index is -8.55. The van der Waals surface area contributed by atoms with E-state index < -0.39 is 28.5 Å². The van der Waals surface area contributed by atoms with E-state index >= 15 is 0 Å². The van der Waals surface area contributed by atoms with Crippen LogP contribution in [-0.2, 0) is 53.9 Å². The molecular formula is C50H83F10N5O15P2. The maximum absolute atomic E-state index is 12.5. The van der Waals surface area contributed by atoms with Crippen molar-refractivity contribution in [3.8, 4) is 11.4 Å². The third-order valence-corrected chi connectivity index (χ3v) is 9.39. The number of rotatable bonds is 33. The maximum atomic E-state index is 12.5. The van der Waals surface area contributed by atoms with Crippen LogP contribution in [0.3, 0.4) is 0 Å². The Hall–Kier alpha value is -4.39. The van der Waals surface area contributed by atoms with Crippen molar-refractivity contribution in [1.82, 2.24) is 20.6 Å². The van der Waals surface area contributed by atoms with Crippen molar-refractivity contribution in [3.63, 3.8) is 0 Å². The third-order valence-electron chi connectivity index (χ3n) is 9.39. The molecule has 32 heteroatoms. The molecule has 1 aromatic carbocycles. The van der Waals surface area contributed by atoms with Crippen LogP contribution in [0.1, 0.15) is 60.0 Å². The fourth-order valence-corrected chi connectivity index (χ4v) is 5.79. The van der Waals surface area contributed by atoms with E-state index in [2.05, 4.69) is 50.2 Å². The van der Waals surface area contributed by atoms with E-state index in [0.717, 1.165) is 69.7 Å². The second-order valence-corrected chi connectivity index (χ2v) is 18.8. The first kappa shape index (κ1) is 81.8. The van der Waals surface area contributed by atoms with Gasteiger partial charge >= 0.3 is 58.3 Å². The van der Waals surface area contributed by atoms with E-state index in [1.54, 1.807) is 31.6 Å². The predicted molar refractivity (Wildman–Crippen MR) is 292 cm³/mol. The van der Waals surface area contributed by atoms with Crippen LogP contribution >= 0.6 is 16.3 Å². The van der Waals surface area contributed by atoms with Gasteiger partial charge in [0.25, 0.3) is 5.91 Å². The normalized spacial score (nSPS) is 14.4. The molecule has 478 valence electrons. The van der Waals surface area contributed by atoms with Crippen LogP contribution in [0.25, 0.3) is 11.4 Å². The number of aliphatic hydroxyl groups excluding tert-OH is 4. The number of amides is 2. The first-order chi connectivity index (χ1) is 38.7. The number of halogens is 10. The van der Waals surface area contributed by atoms with Crippen LogP contribution < -0.4 is 16.0 Å². The number of aliphatic hydroxyl groups is 4. The Morgan fingerprint density at radius 2 is 1.07 bits per heavy atom. The monoisotopic (exact) mass is 1250 g/mol. The number of aryl methyl sites for hydroxylation is 1. The second kappa shape index (κ2) is 50.0. The van der Waals surface area contributed by atoms with Gasteiger partial charge in [0, 0.05) is 84.4 Å². The van der Waals surface area contributed by atoms with Gasteiger partial charge in [-0.25, -0.2) is 0 Å². The number of aldehydes is 1. The van der Waals surface area contributed by atoms with E-state index in [0.29, 0.717) is 136 Å². The number of carbonyl (C=O) groups is 3. The van der Waals surface area contributed by atoms with Crippen molar-refractivity contribution in [2.24, 2.45) is 0 Å². The van der Waals surface area contributed by atoms with Crippen LogP contribution in [0, 0.1) is 6.92 Å². The molecule has 4 rings (SSSR count). The largest absolute Gasteiger partial charge is 0.391 e. The summed E-state index contributed by atoms with van der Waals surface area (Å²) in [7, 11) is -11.5. The Labute approximate surface area is 473 Å². The second-order valence-electron chi connectivity index (χ2n) is 16.2. The van der Waals surface area contributed by atoms with E-state index in [4.69, 9.17) is 58.3 Å². The molecule has 2 amide bonds. The summed E-state index contributed by atoms with van der Waals surface area (Å²) in [6.07, 6.45) is 8.36. The molecule has 1 fully saturated rings. The van der Waals surface area contributed by atoms with Gasteiger partial charge in [0.1, 0.15) is 6.29 Å². The number of methoxy groups -OCH3 is 1. The number of ether oxygens (including phenoxy) is 8.